The van der Waals surface area contributed by atoms with Gasteiger partial charge < -0.3 is 9.47 Å². The summed E-state index contributed by atoms with van der Waals surface area (Å²) in [7, 11) is 0. The largest absolute Gasteiger partial charge is 0.486 e. The van der Waals surface area contributed by atoms with Gasteiger partial charge in [-0.2, -0.15) is 0 Å². The first kappa shape index (κ1) is 8.38. The van der Waals surface area contributed by atoms with Crippen molar-refractivity contribution in [1.29, 1.82) is 0 Å². The minimum atomic E-state index is 0.601. The molecule has 1 aliphatic rings. The van der Waals surface area contributed by atoms with E-state index >= 15 is 0 Å². The van der Waals surface area contributed by atoms with Crippen molar-refractivity contribution in [2.45, 2.75) is 0 Å². The van der Waals surface area contributed by atoms with Crippen LogP contribution in [0.25, 0.3) is 10.1 Å². The number of ether oxygens (including phenoxy) is 2. The number of hydrogen-bond donors (Lipinski definition) is 0. The molecule has 3 rings (SSSR count). The molecule has 0 aliphatic carbocycles. The van der Waals surface area contributed by atoms with Crippen LogP contribution in [0.5, 0.6) is 11.5 Å². The van der Waals surface area contributed by atoms with E-state index in [1.165, 1.54) is 11.3 Å². The zero-order valence-electron chi connectivity index (χ0n) is 7.17. The number of hydrogen-bond acceptors (Lipinski definition) is 3. The Morgan fingerprint density at radius 2 is 1.93 bits per heavy atom. The molecule has 14 heavy (non-hydrogen) atoms. The van der Waals surface area contributed by atoms with Crippen LogP contribution < -0.4 is 9.47 Å². The topological polar surface area (TPSA) is 18.5 Å². The summed E-state index contributed by atoms with van der Waals surface area (Å²) >= 11 is 7.47. The highest BCUT2D eigenvalue weighted by Gasteiger charge is 2.14. The molecule has 1 aliphatic heterocycles. The van der Waals surface area contributed by atoms with Crippen LogP contribution >= 0.6 is 22.9 Å². The van der Waals surface area contributed by atoms with Crippen LogP contribution in [0.2, 0.25) is 5.02 Å². The van der Waals surface area contributed by atoms with Gasteiger partial charge in [0.2, 0.25) is 0 Å². The van der Waals surface area contributed by atoms with Gasteiger partial charge in [-0.15, -0.1) is 11.3 Å². The molecule has 0 saturated carbocycles. The maximum absolute atomic E-state index is 5.97. The summed E-state index contributed by atoms with van der Waals surface area (Å²) < 4.78 is 12.0. The second kappa shape index (κ2) is 3.04. The molecule has 0 spiro atoms. The lowest BCUT2D eigenvalue weighted by molar-refractivity contribution is 0.172. The average molecular weight is 226 g/mol. The average Bonchev–Trinajstić information content (AvgIpc) is 2.57. The van der Waals surface area contributed by atoms with Crippen molar-refractivity contribution in [1.82, 2.24) is 0 Å². The molecule has 2 aromatic rings. The van der Waals surface area contributed by atoms with Crippen LogP contribution in [-0.4, -0.2) is 13.2 Å². The fourth-order valence-electron chi connectivity index (χ4n) is 1.48. The van der Waals surface area contributed by atoms with Gasteiger partial charge in [-0.1, -0.05) is 11.6 Å². The molecule has 1 aromatic carbocycles. The first-order chi connectivity index (χ1) is 6.84. The Labute approximate surface area is 90.0 Å². The predicted molar refractivity (Wildman–Crippen MR) is 56.7 cm³/mol. The summed E-state index contributed by atoms with van der Waals surface area (Å²) in [5.74, 6) is 1.58. The molecular weight excluding hydrogens is 220 g/mol. The molecule has 2 heterocycles. The molecule has 0 unspecified atom stereocenters. The van der Waals surface area contributed by atoms with E-state index in [1.54, 1.807) is 0 Å². The lowest BCUT2D eigenvalue weighted by Gasteiger charge is -2.18. The smallest absolute Gasteiger partial charge is 0.162 e. The Kier molecular flexibility index (Phi) is 1.82. The molecule has 0 saturated heterocycles. The molecule has 71 valence electrons. The van der Waals surface area contributed by atoms with Crippen molar-refractivity contribution >= 4 is 33.0 Å². The van der Waals surface area contributed by atoms with Gasteiger partial charge >= 0.3 is 0 Å². The monoisotopic (exact) mass is 225 g/mol. The summed E-state index contributed by atoms with van der Waals surface area (Å²) in [4.78, 5) is 0. The third kappa shape index (κ3) is 1.16. The highest BCUT2D eigenvalue weighted by atomic mass is 35.5. The van der Waals surface area contributed by atoms with Crippen LogP contribution in [0.1, 0.15) is 0 Å². The number of halogens is 1. The van der Waals surface area contributed by atoms with Gasteiger partial charge in [0.1, 0.15) is 13.2 Å². The second-order valence-corrected chi connectivity index (χ2v) is 4.24. The molecule has 0 fully saturated rings. The first-order valence-electron chi connectivity index (χ1n) is 4.24. The van der Waals surface area contributed by atoms with Crippen LogP contribution in [-0.2, 0) is 0 Å². The molecular formula is C10H6ClO2S. The van der Waals surface area contributed by atoms with Crippen molar-refractivity contribution in [2.75, 3.05) is 13.2 Å². The van der Waals surface area contributed by atoms with Crippen molar-refractivity contribution < 1.29 is 9.47 Å². The highest BCUT2D eigenvalue weighted by molar-refractivity contribution is 7.17. The standard InChI is InChI=1S/C10H6ClO2S/c11-7-5-14-10-4-9-8(3-6(7)10)12-1-2-13-9/h3-4H,1-2H2. The van der Waals surface area contributed by atoms with Gasteiger partial charge in [0.05, 0.1) is 10.4 Å². The van der Waals surface area contributed by atoms with Gasteiger partial charge in [0.25, 0.3) is 0 Å². The normalized spacial score (nSPS) is 14.6. The molecule has 0 N–H and O–H groups in total. The zero-order valence-corrected chi connectivity index (χ0v) is 8.74. The minimum Gasteiger partial charge on any atom is -0.486 e. The zero-order chi connectivity index (χ0) is 9.54. The van der Waals surface area contributed by atoms with Crippen LogP contribution in [0.3, 0.4) is 0 Å². The van der Waals surface area contributed by atoms with Crippen molar-refractivity contribution in [3.63, 3.8) is 0 Å². The van der Waals surface area contributed by atoms with E-state index in [0.717, 1.165) is 21.6 Å². The molecule has 1 radical (unpaired) electrons. The molecule has 1 aromatic heterocycles. The van der Waals surface area contributed by atoms with E-state index in [-0.39, 0.29) is 0 Å². The van der Waals surface area contributed by atoms with Crippen LogP contribution in [0.15, 0.2) is 12.1 Å². The molecule has 0 atom stereocenters. The summed E-state index contributed by atoms with van der Waals surface area (Å²) in [6.07, 6.45) is 0. The van der Waals surface area contributed by atoms with Gasteiger partial charge in [-0.05, 0) is 6.07 Å². The quantitative estimate of drug-likeness (QED) is 0.686. The van der Waals surface area contributed by atoms with Gasteiger partial charge in [-0.3, -0.25) is 0 Å². The Hall–Kier alpha value is -0.930. The van der Waals surface area contributed by atoms with Gasteiger partial charge in [-0.25, -0.2) is 0 Å². The Bertz CT molecular complexity index is 492. The van der Waals surface area contributed by atoms with E-state index in [0.29, 0.717) is 18.2 Å². The van der Waals surface area contributed by atoms with E-state index in [4.69, 9.17) is 21.1 Å². The van der Waals surface area contributed by atoms with Crippen LogP contribution in [0.4, 0.5) is 0 Å². The Morgan fingerprint density at radius 1 is 1.21 bits per heavy atom. The van der Waals surface area contributed by atoms with Crippen LogP contribution in [0, 0.1) is 5.38 Å². The minimum absolute atomic E-state index is 0.601. The van der Waals surface area contributed by atoms with Gasteiger partial charge in [0.15, 0.2) is 11.5 Å². The molecule has 2 nitrogen and oxygen atoms in total. The molecule has 0 amide bonds. The highest BCUT2D eigenvalue weighted by Crippen LogP contribution is 2.39. The van der Waals surface area contributed by atoms with Gasteiger partial charge in [0, 0.05) is 16.2 Å². The second-order valence-electron chi connectivity index (χ2n) is 3.01. The number of thiophene rings is 1. The Balaban J connectivity index is 2.29. The fraction of sp³-hybridized carbons (Fsp3) is 0.200. The third-order valence-corrected chi connectivity index (χ3v) is 3.41. The third-order valence-electron chi connectivity index (χ3n) is 2.13. The van der Waals surface area contributed by atoms with E-state index < -0.39 is 0 Å². The number of benzene rings is 1. The van der Waals surface area contributed by atoms with Crippen molar-refractivity contribution in [2.24, 2.45) is 0 Å². The maximum Gasteiger partial charge on any atom is 0.162 e. The lowest BCUT2D eigenvalue weighted by Crippen LogP contribution is -2.14. The summed E-state index contributed by atoms with van der Waals surface area (Å²) in [6, 6.07) is 3.87. The first-order valence-corrected chi connectivity index (χ1v) is 5.43. The fourth-order valence-corrected chi connectivity index (χ4v) is 2.56. The Morgan fingerprint density at radius 3 is 2.71 bits per heavy atom. The summed E-state index contributed by atoms with van der Waals surface area (Å²) in [5, 5.41) is 4.64. The molecule has 0 bridgehead atoms. The summed E-state index contributed by atoms with van der Waals surface area (Å²) in [6.45, 7) is 1.21. The summed E-state index contributed by atoms with van der Waals surface area (Å²) in [5.41, 5.74) is 0. The SMILES string of the molecule is Clc1[c]sc2cc3c(cc12)OCCO3. The van der Waals surface area contributed by atoms with Crippen molar-refractivity contribution in [3.8, 4) is 11.5 Å². The van der Waals surface area contributed by atoms with E-state index in [1.807, 2.05) is 12.1 Å². The number of rotatable bonds is 0. The van der Waals surface area contributed by atoms with E-state index in [9.17, 15) is 0 Å². The number of fused-ring (bicyclic) bond motifs is 2. The van der Waals surface area contributed by atoms with E-state index in [2.05, 4.69) is 5.38 Å². The van der Waals surface area contributed by atoms with Crippen molar-refractivity contribution in [3.05, 3.63) is 22.5 Å². The predicted octanol–water partition coefficient (Wildman–Crippen LogP) is 3.13. The molecule has 4 heteroatoms. The maximum atomic E-state index is 5.97. The lowest BCUT2D eigenvalue weighted by atomic mass is 10.2.